The van der Waals surface area contributed by atoms with Crippen molar-refractivity contribution >= 4 is 32.2 Å². The summed E-state index contributed by atoms with van der Waals surface area (Å²) in [5, 5.41) is 0. The number of rotatable bonds is 6. The summed E-state index contributed by atoms with van der Waals surface area (Å²) in [6.45, 7) is 0. The molecule has 0 aliphatic rings. The summed E-state index contributed by atoms with van der Waals surface area (Å²) >= 11 is 0. The summed E-state index contributed by atoms with van der Waals surface area (Å²) in [6.07, 6.45) is 0. The Kier molecular flexibility index (Phi) is 8.38. The molecule has 0 fully saturated rings. The molecule has 13 heteroatoms. The van der Waals surface area contributed by atoms with Crippen LogP contribution >= 0.6 is 0 Å². The van der Waals surface area contributed by atoms with Crippen LogP contribution in [0.5, 0.6) is 5.75 Å². The molecule has 2 rings (SSSR count). The van der Waals surface area contributed by atoms with Gasteiger partial charge < -0.3 is 13.7 Å². The molecule has 29 heavy (non-hydrogen) atoms. The van der Waals surface area contributed by atoms with Gasteiger partial charge in [0.15, 0.2) is 0 Å². The fraction of sp³-hybridized carbons (Fsp3) is 0.125. The van der Waals surface area contributed by atoms with Gasteiger partial charge in [0.1, 0.15) is 4.90 Å². The maximum atomic E-state index is 12.6. The zero-order chi connectivity index (χ0) is 21.1. The van der Waals surface area contributed by atoms with Crippen LogP contribution in [0.2, 0.25) is 0 Å². The van der Waals surface area contributed by atoms with Gasteiger partial charge >= 0.3 is 51.6 Å². The number of benzene rings is 2. The molecule has 1 N–H and O–H groups in total. The topological polar surface area (TPSA) is 150 Å². The second kappa shape index (κ2) is 9.69. The first-order valence-corrected chi connectivity index (χ1v) is 10.1. The van der Waals surface area contributed by atoms with E-state index in [-0.39, 0.29) is 40.7 Å². The molecule has 150 valence electrons. The van der Waals surface area contributed by atoms with Crippen LogP contribution in [0, 0.1) is 6.07 Å². The Morgan fingerprint density at radius 2 is 1.48 bits per heavy atom. The number of methoxy groups -OCH3 is 2. The Morgan fingerprint density at radius 3 is 1.93 bits per heavy atom. The zero-order valence-corrected chi connectivity index (χ0v) is 19.0. The molecule has 0 saturated heterocycles. The van der Waals surface area contributed by atoms with E-state index in [1.54, 1.807) is 0 Å². The monoisotopic (exact) mass is 452 g/mol. The minimum Gasteiger partial charge on any atom is -0.465 e. The largest absolute Gasteiger partial charge is 1.00 e. The third-order valence-electron chi connectivity index (χ3n) is 3.28. The molecule has 0 aliphatic carbocycles. The van der Waals surface area contributed by atoms with Crippen molar-refractivity contribution in [1.29, 1.82) is 0 Å². The second-order valence-electron chi connectivity index (χ2n) is 5.11. The first kappa shape index (κ1) is 25.1. The Morgan fingerprint density at radius 1 is 0.966 bits per heavy atom. The second-order valence-corrected chi connectivity index (χ2v) is 8.01. The van der Waals surface area contributed by atoms with E-state index in [0.29, 0.717) is 0 Å². The molecule has 0 aromatic heterocycles. The van der Waals surface area contributed by atoms with Crippen molar-refractivity contribution in [2.75, 3.05) is 14.2 Å². The van der Waals surface area contributed by atoms with E-state index in [2.05, 4.69) is 15.5 Å². The summed E-state index contributed by atoms with van der Waals surface area (Å²) in [5.41, 5.74) is -0.579. The van der Waals surface area contributed by atoms with Crippen molar-refractivity contribution in [3.8, 4) is 5.75 Å². The van der Waals surface area contributed by atoms with Crippen LogP contribution in [0.3, 0.4) is 0 Å². The maximum Gasteiger partial charge on any atom is 1.00 e. The summed E-state index contributed by atoms with van der Waals surface area (Å²) in [7, 11) is -7.46. The molecule has 0 atom stereocenters. The van der Waals surface area contributed by atoms with Gasteiger partial charge in [0.05, 0.1) is 31.1 Å². The quantitative estimate of drug-likeness (QED) is 0.173. The van der Waals surface area contributed by atoms with Gasteiger partial charge in [-0.1, -0.05) is 0 Å². The average molecular weight is 452 g/mol. The fourth-order valence-electron chi connectivity index (χ4n) is 2.05. The van der Waals surface area contributed by atoms with E-state index < -0.39 is 47.7 Å². The molecule has 2 aromatic carbocycles. The summed E-state index contributed by atoms with van der Waals surface area (Å²) in [6, 6.07) is 8.26. The van der Waals surface area contributed by atoms with Crippen LogP contribution in [-0.2, 0) is 29.7 Å². The first-order chi connectivity index (χ1) is 13.0. The Balaban J connectivity index is 0.00000420. The van der Waals surface area contributed by atoms with Crippen LogP contribution in [0.4, 0.5) is 0 Å². The minimum absolute atomic E-state index is 0. The molecule has 0 bridgehead atoms. The number of carbonyl (C=O) groups excluding carboxylic acids is 2. The van der Waals surface area contributed by atoms with Crippen molar-refractivity contribution in [3.05, 3.63) is 53.6 Å². The molecule has 0 amide bonds. The summed E-state index contributed by atoms with van der Waals surface area (Å²) in [4.78, 5) is 22.0. The molecule has 0 heterocycles. The number of hydrogen-bond acceptors (Lipinski definition) is 9. The van der Waals surface area contributed by atoms with Crippen LogP contribution in [0.25, 0.3) is 0 Å². The van der Waals surface area contributed by atoms with E-state index in [0.717, 1.165) is 44.6 Å². The van der Waals surface area contributed by atoms with Crippen LogP contribution in [-0.4, -0.2) is 47.5 Å². The van der Waals surface area contributed by atoms with Crippen molar-refractivity contribution in [2.45, 2.75) is 9.79 Å². The van der Waals surface area contributed by atoms with Gasteiger partial charge in [-0.15, -0.1) is 6.07 Å². The number of hydrogen-bond donors (Lipinski definition) is 1. The molecule has 10 nitrogen and oxygen atoms in total. The number of esters is 2. The van der Waals surface area contributed by atoms with Crippen molar-refractivity contribution in [2.24, 2.45) is 0 Å². The molecular weight excluding hydrogens is 439 g/mol. The van der Waals surface area contributed by atoms with Gasteiger partial charge in [-0.25, -0.2) is 9.59 Å². The Bertz CT molecular complexity index is 1110. The number of ether oxygens (including phenoxy) is 2. The van der Waals surface area contributed by atoms with E-state index in [1.807, 2.05) is 0 Å². The average Bonchev–Trinajstić information content (AvgIpc) is 2.65. The smallest absolute Gasteiger partial charge is 0.465 e. The van der Waals surface area contributed by atoms with Gasteiger partial charge in [0.25, 0.3) is 10.1 Å². The molecule has 0 aliphatic heterocycles. The standard InChI is InChI=1S/C16H13O10S2.Na/c1-24-15(17)10-7-11(16(18)25-2)9-12(8-10)28(22,23)26-13-5-3-4-6-14(13)27(19,20)21;/h3-5,7-9H,1-2H3,(H,19,20,21);/q-1;+1. The predicted octanol–water partition coefficient (Wildman–Crippen LogP) is -1.92. The Labute approximate surface area is 188 Å². The van der Waals surface area contributed by atoms with Gasteiger partial charge in [-0.05, 0) is 18.2 Å². The molecule has 0 saturated carbocycles. The van der Waals surface area contributed by atoms with E-state index >= 15 is 0 Å². The van der Waals surface area contributed by atoms with Crippen molar-refractivity contribution < 1.29 is 74.2 Å². The summed E-state index contributed by atoms with van der Waals surface area (Å²) in [5.74, 6) is -2.60. The number of carbonyl (C=O) groups is 2. The van der Waals surface area contributed by atoms with E-state index in [1.165, 1.54) is 6.07 Å². The van der Waals surface area contributed by atoms with Gasteiger partial charge in [-0.2, -0.15) is 35.0 Å². The normalized spacial score (nSPS) is 11.1. The van der Waals surface area contributed by atoms with Crippen LogP contribution < -0.4 is 33.7 Å². The van der Waals surface area contributed by atoms with E-state index in [9.17, 15) is 31.0 Å². The minimum atomic E-state index is -4.83. The molecule has 0 radical (unpaired) electrons. The fourth-order valence-corrected chi connectivity index (χ4v) is 3.70. The predicted molar refractivity (Wildman–Crippen MR) is 92.0 cm³/mol. The van der Waals surface area contributed by atoms with Crippen molar-refractivity contribution in [3.63, 3.8) is 0 Å². The van der Waals surface area contributed by atoms with Gasteiger partial charge in [0.2, 0.25) is 0 Å². The summed E-state index contributed by atoms with van der Waals surface area (Å²) < 4.78 is 70.9. The zero-order valence-electron chi connectivity index (χ0n) is 15.4. The molecule has 0 spiro atoms. The SMILES string of the molecule is COC(=O)c1cc(C(=O)OC)cc(S(=O)(=O)Oc2ccc[c-]c2S(=O)(=O)O)c1.[Na+]. The Hall–Kier alpha value is -1.96. The molecule has 0 unspecified atom stereocenters. The maximum absolute atomic E-state index is 12.6. The third-order valence-corrected chi connectivity index (χ3v) is 5.32. The first-order valence-electron chi connectivity index (χ1n) is 7.24. The molecular formula is C16H13NaO10S2. The van der Waals surface area contributed by atoms with Gasteiger partial charge in [-0.3, -0.25) is 4.55 Å². The van der Waals surface area contributed by atoms with Gasteiger partial charge in [0, 0.05) is 4.90 Å². The van der Waals surface area contributed by atoms with Crippen LogP contribution in [0.15, 0.2) is 46.2 Å². The van der Waals surface area contributed by atoms with Crippen molar-refractivity contribution in [1.82, 2.24) is 0 Å². The van der Waals surface area contributed by atoms with E-state index in [4.69, 9.17) is 4.18 Å². The van der Waals surface area contributed by atoms with Crippen LogP contribution in [0.1, 0.15) is 20.7 Å². The third kappa shape index (κ3) is 6.01. The molecule has 2 aromatic rings.